The molecule has 0 saturated heterocycles. The van der Waals surface area contributed by atoms with Crippen molar-refractivity contribution in [2.75, 3.05) is 0 Å². The first kappa shape index (κ1) is 8.35. The summed E-state index contributed by atoms with van der Waals surface area (Å²) in [6.07, 6.45) is 2.33. The lowest BCUT2D eigenvalue weighted by Crippen LogP contribution is -1.82. The van der Waals surface area contributed by atoms with E-state index in [0.29, 0.717) is 0 Å². The van der Waals surface area contributed by atoms with Gasteiger partial charge in [0, 0.05) is 0 Å². The predicted molar refractivity (Wildman–Crippen MR) is 66.5 cm³/mol. The molecule has 1 aliphatic carbocycles. The van der Waals surface area contributed by atoms with E-state index in [1.807, 2.05) is 0 Å². The van der Waals surface area contributed by atoms with Crippen molar-refractivity contribution in [1.82, 2.24) is 0 Å². The van der Waals surface area contributed by atoms with Gasteiger partial charge >= 0.3 is 0 Å². The maximum absolute atomic E-state index is 3.29. The Morgan fingerprint density at radius 1 is 1.00 bits per heavy atom. The summed E-state index contributed by atoms with van der Waals surface area (Å²) in [7, 11) is 0. The fraction of sp³-hybridized carbons (Fsp3) is 0.125. The molecule has 0 heteroatoms. The minimum atomic E-state index is 1.16. The van der Waals surface area contributed by atoms with Crippen LogP contribution in [-0.4, -0.2) is 0 Å². The minimum absolute atomic E-state index is 1.16. The van der Waals surface area contributed by atoms with Crippen LogP contribution in [-0.2, 0) is 12.8 Å². The van der Waals surface area contributed by atoms with Crippen LogP contribution in [0.1, 0.15) is 11.1 Å². The van der Waals surface area contributed by atoms with Gasteiger partial charge in [-0.05, 0) is 63.7 Å². The summed E-state index contributed by atoms with van der Waals surface area (Å²) in [5.41, 5.74) is 2.92. The van der Waals surface area contributed by atoms with Crippen molar-refractivity contribution >= 4 is 21.5 Å². The number of benzene rings is 3. The molecule has 2 radical (unpaired) electrons. The fourth-order valence-corrected chi connectivity index (χ4v) is 2.83. The largest absolute Gasteiger partial charge is 0.0616 e. The molecule has 0 amide bonds. The summed E-state index contributed by atoms with van der Waals surface area (Å²) < 4.78 is 0. The Morgan fingerprint density at radius 2 is 1.88 bits per heavy atom. The molecule has 0 spiro atoms. The Hall–Kier alpha value is -1.82. The highest BCUT2D eigenvalue weighted by Crippen LogP contribution is 2.35. The van der Waals surface area contributed by atoms with E-state index in [9.17, 15) is 0 Å². The van der Waals surface area contributed by atoms with Gasteiger partial charge in [0.15, 0.2) is 0 Å². The van der Waals surface area contributed by atoms with Gasteiger partial charge in [0.05, 0.1) is 0 Å². The first-order valence-corrected chi connectivity index (χ1v) is 5.69. The SMILES string of the molecule is [c]1[c]c2c3c(c1)CCc3cc1ccccc12. The number of aryl methyl sites for hydroxylation is 2. The summed E-state index contributed by atoms with van der Waals surface area (Å²) >= 11 is 0. The molecule has 16 heavy (non-hydrogen) atoms. The van der Waals surface area contributed by atoms with Crippen LogP contribution >= 0.6 is 0 Å². The molecular weight excluding hydrogens is 192 g/mol. The molecule has 0 fully saturated rings. The normalized spacial score (nSPS) is 13.8. The summed E-state index contributed by atoms with van der Waals surface area (Å²) in [5.74, 6) is 0. The Labute approximate surface area is 94.5 Å². The van der Waals surface area contributed by atoms with Crippen molar-refractivity contribution in [3.63, 3.8) is 0 Å². The second-order valence-electron chi connectivity index (χ2n) is 4.45. The van der Waals surface area contributed by atoms with E-state index >= 15 is 0 Å². The van der Waals surface area contributed by atoms with E-state index < -0.39 is 0 Å². The number of hydrogen-bond donors (Lipinski definition) is 0. The quantitative estimate of drug-likeness (QED) is 0.488. The number of fused-ring (bicyclic) bond motifs is 2. The highest BCUT2D eigenvalue weighted by molar-refractivity contribution is 6.10. The van der Waals surface area contributed by atoms with Crippen molar-refractivity contribution in [3.8, 4) is 0 Å². The molecule has 0 aromatic heterocycles. The van der Waals surface area contributed by atoms with E-state index in [2.05, 4.69) is 48.5 Å². The van der Waals surface area contributed by atoms with Crippen molar-refractivity contribution < 1.29 is 0 Å². The van der Waals surface area contributed by atoms with Gasteiger partial charge in [-0.15, -0.1) is 0 Å². The Morgan fingerprint density at radius 3 is 2.88 bits per heavy atom. The first-order valence-electron chi connectivity index (χ1n) is 5.69. The van der Waals surface area contributed by atoms with Crippen molar-refractivity contribution in [3.05, 3.63) is 59.7 Å². The zero-order valence-corrected chi connectivity index (χ0v) is 8.88. The molecule has 1 aliphatic rings. The molecule has 0 unspecified atom stereocenters. The van der Waals surface area contributed by atoms with E-state index in [0.717, 1.165) is 6.42 Å². The molecule has 3 aromatic carbocycles. The summed E-state index contributed by atoms with van der Waals surface area (Å²) in [4.78, 5) is 0. The van der Waals surface area contributed by atoms with E-state index in [-0.39, 0.29) is 0 Å². The Balaban J connectivity index is 2.36. The second-order valence-corrected chi connectivity index (χ2v) is 4.45. The highest BCUT2D eigenvalue weighted by Gasteiger charge is 2.15. The third kappa shape index (κ3) is 0.943. The summed E-state index contributed by atoms with van der Waals surface area (Å²) in [6.45, 7) is 0. The Bertz CT molecular complexity index is 708. The molecule has 0 bridgehead atoms. The van der Waals surface area contributed by atoms with Gasteiger partial charge in [-0.25, -0.2) is 0 Å². The topological polar surface area (TPSA) is 0 Å². The van der Waals surface area contributed by atoms with Crippen molar-refractivity contribution in [2.24, 2.45) is 0 Å². The fourth-order valence-electron chi connectivity index (χ4n) is 2.83. The van der Waals surface area contributed by atoms with Crippen LogP contribution in [0.2, 0.25) is 0 Å². The lowest BCUT2D eigenvalue weighted by Gasteiger charge is -2.06. The number of hydrogen-bond acceptors (Lipinski definition) is 0. The summed E-state index contributed by atoms with van der Waals surface area (Å²) in [5, 5.41) is 5.32. The molecule has 0 saturated carbocycles. The van der Waals surface area contributed by atoms with Crippen LogP contribution in [0.4, 0.5) is 0 Å². The molecule has 0 N–H and O–H groups in total. The lowest BCUT2D eigenvalue weighted by molar-refractivity contribution is 1.02. The molecule has 74 valence electrons. The third-order valence-corrected chi connectivity index (χ3v) is 3.56. The van der Waals surface area contributed by atoms with Gasteiger partial charge in [0.1, 0.15) is 0 Å². The summed E-state index contributed by atoms with van der Waals surface area (Å²) in [6, 6.07) is 19.4. The molecule has 0 nitrogen and oxygen atoms in total. The van der Waals surface area contributed by atoms with E-state index in [4.69, 9.17) is 0 Å². The van der Waals surface area contributed by atoms with Crippen LogP contribution in [0.5, 0.6) is 0 Å². The third-order valence-electron chi connectivity index (χ3n) is 3.56. The van der Waals surface area contributed by atoms with Crippen LogP contribution in [0, 0.1) is 12.1 Å². The monoisotopic (exact) mass is 202 g/mol. The van der Waals surface area contributed by atoms with E-state index in [1.54, 1.807) is 0 Å². The average Bonchev–Trinajstić information content (AvgIpc) is 2.75. The predicted octanol–water partition coefficient (Wildman–Crippen LogP) is 3.69. The van der Waals surface area contributed by atoms with Crippen LogP contribution in [0.25, 0.3) is 21.5 Å². The van der Waals surface area contributed by atoms with Crippen LogP contribution < -0.4 is 0 Å². The molecule has 3 aromatic rings. The maximum Gasteiger partial charge on any atom is -0.000732 e. The average molecular weight is 202 g/mol. The van der Waals surface area contributed by atoms with Gasteiger partial charge < -0.3 is 0 Å². The van der Waals surface area contributed by atoms with Gasteiger partial charge in [0.25, 0.3) is 0 Å². The zero-order valence-electron chi connectivity index (χ0n) is 8.88. The van der Waals surface area contributed by atoms with Crippen LogP contribution in [0.15, 0.2) is 36.4 Å². The van der Waals surface area contributed by atoms with E-state index in [1.165, 1.54) is 39.1 Å². The zero-order chi connectivity index (χ0) is 10.5. The van der Waals surface area contributed by atoms with Gasteiger partial charge in [-0.1, -0.05) is 30.3 Å². The molecule has 0 heterocycles. The molecular formula is C16H10. The Kier molecular flexibility index (Phi) is 1.49. The maximum atomic E-state index is 3.29. The second kappa shape index (κ2) is 2.85. The lowest BCUT2D eigenvalue weighted by atomic mass is 9.98. The van der Waals surface area contributed by atoms with Gasteiger partial charge in [-0.3, -0.25) is 0 Å². The molecule has 0 aliphatic heterocycles. The van der Waals surface area contributed by atoms with Gasteiger partial charge in [0.2, 0.25) is 0 Å². The first-order chi connectivity index (χ1) is 7.93. The molecule has 4 rings (SSSR count). The van der Waals surface area contributed by atoms with Crippen LogP contribution in [0.3, 0.4) is 0 Å². The van der Waals surface area contributed by atoms with Crippen molar-refractivity contribution in [1.29, 1.82) is 0 Å². The molecule has 0 atom stereocenters. The van der Waals surface area contributed by atoms with Crippen molar-refractivity contribution in [2.45, 2.75) is 12.8 Å². The highest BCUT2D eigenvalue weighted by atomic mass is 14.2. The minimum Gasteiger partial charge on any atom is -0.0616 e. The van der Waals surface area contributed by atoms with Gasteiger partial charge in [-0.2, -0.15) is 0 Å². The standard InChI is InChI=1S/C16H10/c1-2-6-14-12(4-1)10-13-9-8-11-5-3-7-15(14)16(11)13/h1-2,4-6,10H,8-9H2. The smallest absolute Gasteiger partial charge is 0.000732 e. The number of rotatable bonds is 0.